The van der Waals surface area contributed by atoms with Gasteiger partial charge in [-0.05, 0) is 31.9 Å². The van der Waals surface area contributed by atoms with E-state index in [9.17, 15) is 4.79 Å². The molecule has 1 amide bonds. The van der Waals surface area contributed by atoms with Gasteiger partial charge in [0.25, 0.3) is 5.91 Å². The van der Waals surface area contributed by atoms with Gasteiger partial charge in [-0.25, -0.2) is 0 Å². The Bertz CT molecular complexity index is 523. The smallest absolute Gasteiger partial charge is 0.253 e. The number of ether oxygens (including phenoxy) is 2. The van der Waals surface area contributed by atoms with Gasteiger partial charge < -0.3 is 19.3 Å². The van der Waals surface area contributed by atoms with Gasteiger partial charge in [0.2, 0.25) is 0 Å². The second-order valence-corrected chi connectivity index (χ2v) is 6.78. The van der Waals surface area contributed by atoms with E-state index < -0.39 is 0 Å². The molecule has 5 nitrogen and oxygen atoms in total. The van der Waals surface area contributed by atoms with Crippen LogP contribution in [0.3, 0.4) is 0 Å². The normalized spacial score (nSPS) is 25.1. The molecule has 132 valence electrons. The van der Waals surface area contributed by atoms with E-state index in [-0.39, 0.29) is 18.1 Å². The summed E-state index contributed by atoms with van der Waals surface area (Å²) in [7, 11) is 2.03. The van der Waals surface area contributed by atoms with E-state index in [4.69, 9.17) is 9.47 Å². The van der Waals surface area contributed by atoms with Crippen LogP contribution < -0.4 is 0 Å². The molecule has 2 heterocycles. The van der Waals surface area contributed by atoms with Crippen molar-refractivity contribution in [2.45, 2.75) is 31.5 Å². The van der Waals surface area contributed by atoms with Crippen molar-refractivity contribution in [3.8, 4) is 0 Å². The molecule has 0 radical (unpaired) electrons. The summed E-state index contributed by atoms with van der Waals surface area (Å²) in [5.74, 6) is 0.122. The first-order valence-corrected chi connectivity index (χ1v) is 8.97. The Labute approximate surface area is 144 Å². The number of hydrogen-bond donors (Lipinski definition) is 0. The number of amides is 1. The van der Waals surface area contributed by atoms with Crippen LogP contribution in [0.2, 0.25) is 0 Å². The minimum Gasteiger partial charge on any atom is -0.376 e. The molecule has 2 aliphatic heterocycles. The van der Waals surface area contributed by atoms with Crippen LogP contribution in [0.25, 0.3) is 0 Å². The lowest BCUT2D eigenvalue weighted by Gasteiger charge is -2.31. The molecule has 2 unspecified atom stereocenters. The summed E-state index contributed by atoms with van der Waals surface area (Å²) in [6.45, 7) is 4.47. The maximum atomic E-state index is 12.5. The van der Waals surface area contributed by atoms with Crippen molar-refractivity contribution in [1.82, 2.24) is 9.80 Å². The highest BCUT2D eigenvalue weighted by molar-refractivity contribution is 5.81. The molecule has 0 N–H and O–H groups in total. The summed E-state index contributed by atoms with van der Waals surface area (Å²) in [5, 5.41) is 0. The van der Waals surface area contributed by atoms with E-state index in [1.807, 2.05) is 18.0 Å². The SMILES string of the molecule is CN1CCOC(C(=O)N2CCC(OCCCc3ccccc3)C2)C1. The lowest BCUT2D eigenvalue weighted by atomic mass is 10.1. The van der Waals surface area contributed by atoms with Crippen molar-refractivity contribution in [2.75, 3.05) is 46.4 Å². The van der Waals surface area contributed by atoms with E-state index in [2.05, 4.69) is 29.2 Å². The molecule has 2 atom stereocenters. The molecule has 2 aliphatic rings. The van der Waals surface area contributed by atoms with Gasteiger partial charge in [0.05, 0.1) is 12.7 Å². The van der Waals surface area contributed by atoms with Crippen LogP contribution in [-0.2, 0) is 20.7 Å². The van der Waals surface area contributed by atoms with Crippen molar-refractivity contribution in [2.24, 2.45) is 0 Å². The Hall–Kier alpha value is -1.43. The Morgan fingerprint density at radius 1 is 1.25 bits per heavy atom. The first-order valence-electron chi connectivity index (χ1n) is 8.97. The van der Waals surface area contributed by atoms with E-state index in [1.54, 1.807) is 0 Å². The number of benzene rings is 1. The van der Waals surface area contributed by atoms with Crippen LogP contribution in [0.5, 0.6) is 0 Å². The van der Waals surface area contributed by atoms with Gasteiger partial charge in [-0.3, -0.25) is 4.79 Å². The summed E-state index contributed by atoms with van der Waals surface area (Å²) < 4.78 is 11.6. The van der Waals surface area contributed by atoms with Gasteiger partial charge in [-0.1, -0.05) is 30.3 Å². The van der Waals surface area contributed by atoms with Gasteiger partial charge in [-0.15, -0.1) is 0 Å². The number of carbonyl (C=O) groups excluding carboxylic acids is 1. The minimum absolute atomic E-state index is 0.122. The Morgan fingerprint density at radius 3 is 2.88 bits per heavy atom. The fraction of sp³-hybridized carbons (Fsp3) is 0.632. The number of hydrogen-bond acceptors (Lipinski definition) is 4. The second kappa shape index (κ2) is 8.60. The summed E-state index contributed by atoms with van der Waals surface area (Å²) in [5.41, 5.74) is 1.35. The fourth-order valence-corrected chi connectivity index (χ4v) is 3.37. The Morgan fingerprint density at radius 2 is 2.08 bits per heavy atom. The molecule has 0 spiro atoms. The van der Waals surface area contributed by atoms with Gasteiger partial charge in [0.15, 0.2) is 0 Å². The topological polar surface area (TPSA) is 42.0 Å². The fourth-order valence-electron chi connectivity index (χ4n) is 3.37. The zero-order chi connectivity index (χ0) is 16.8. The van der Waals surface area contributed by atoms with E-state index in [0.717, 1.165) is 39.0 Å². The number of rotatable bonds is 6. The number of nitrogens with zero attached hydrogens (tertiary/aromatic N) is 2. The highest BCUT2D eigenvalue weighted by atomic mass is 16.5. The molecular formula is C19H28N2O3. The Balaban J connectivity index is 1.35. The molecule has 1 aromatic rings. The standard InChI is InChI=1S/C19H28N2O3/c1-20-11-13-24-18(15-20)19(22)21-10-9-17(14-21)23-12-5-8-16-6-3-2-4-7-16/h2-4,6-7,17-18H,5,8-15H2,1H3. The van der Waals surface area contributed by atoms with Crippen LogP contribution in [0.15, 0.2) is 30.3 Å². The third kappa shape index (κ3) is 4.79. The van der Waals surface area contributed by atoms with Crippen LogP contribution >= 0.6 is 0 Å². The first kappa shape index (κ1) is 17.4. The highest BCUT2D eigenvalue weighted by Gasteiger charge is 2.33. The van der Waals surface area contributed by atoms with Gasteiger partial charge in [0.1, 0.15) is 6.10 Å². The van der Waals surface area contributed by atoms with Crippen molar-refractivity contribution in [1.29, 1.82) is 0 Å². The van der Waals surface area contributed by atoms with E-state index >= 15 is 0 Å². The first-order chi connectivity index (χ1) is 11.7. The van der Waals surface area contributed by atoms with Crippen molar-refractivity contribution in [3.63, 3.8) is 0 Å². The number of aryl methyl sites for hydroxylation is 1. The molecule has 0 aromatic heterocycles. The molecule has 0 bridgehead atoms. The van der Waals surface area contributed by atoms with Crippen LogP contribution in [0, 0.1) is 0 Å². The molecule has 2 saturated heterocycles. The minimum atomic E-state index is -0.305. The molecule has 1 aromatic carbocycles. The van der Waals surface area contributed by atoms with E-state index in [1.165, 1.54) is 5.56 Å². The lowest BCUT2D eigenvalue weighted by Crippen LogP contribution is -2.49. The van der Waals surface area contributed by atoms with Gasteiger partial charge >= 0.3 is 0 Å². The highest BCUT2D eigenvalue weighted by Crippen LogP contribution is 2.17. The zero-order valence-electron chi connectivity index (χ0n) is 14.5. The summed E-state index contributed by atoms with van der Waals surface area (Å²) in [6, 6.07) is 10.5. The number of carbonyl (C=O) groups is 1. The lowest BCUT2D eigenvalue weighted by molar-refractivity contribution is -0.148. The van der Waals surface area contributed by atoms with Crippen molar-refractivity contribution >= 4 is 5.91 Å². The molecule has 0 saturated carbocycles. The average molecular weight is 332 g/mol. The van der Waals surface area contributed by atoms with Crippen LogP contribution in [0.1, 0.15) is 18.4 Å². The van der Waals surface area contributed by atoms with Crippen molar-refractivity contribution < 1.29 is 14.3 Å². The predicted octanol–water partition coefficient (Wildman–Crippen LogP) is 1.57. The molecule has 3 rings (SSSR count). The van der Waals surface area contributed by atoms with Crippen LogP contribution in [-0.4, -0.2) is 74.4 Å². The molecule has 24 heavy (non-hydrogen) atoms. The number of morpholine rings is 1. The zero-order valence-corrected chi connectivity index (χ0v) is 14.5. The van der Waals surface area contributed by atoms with Gasteiger partial charge in [-0.2, -0.15) is 0 Å². The maximum Gasteiger partial charge on any atom is 0.253 e. The quantitative estimate of drug-likeness (QED) is 0.742. The summed E-state index contributed by atoms with van der Waals surface area (Å²) >= 11 is 0. The second-order valence-electron chi connectivity index (χ2n) is 6.78. The summed E-state index contributed by atoms with van der Waals surface area (Å²) in [6.07, 6.45) is 2.86. The van der Waals surface area contributed by atoms with Crippen LogP contribution in [0.4, 0.5) is 0 Å². The summed E-state index contributed by atoms with van der Waals surface area (Å²) in [4.78, 5) is 16.6. The third-order valence-electron chi connectivity index (χ3n) is 4.81. The number of likely N-dealkylation sites (N-methyl/N-ethyl adjacent to an activating group) is 1. The molecular weight excluding hydrogens is 304 g/mol. The largest absolute Gasteiger partial charge is 0.376 e. The average Bonchev–Trinajstić information content (AvgIpc) is 3.08. The van der Waals surface area contributed by atoms with E-state index in [0.29, 0.717) is 19.7 Å². The third-order valence-corrected chi connectivity index (χ3v) is 4.81. The predicted molar refractivity (Wildman–Crippen MR) is 92.9 cm³/mol. The van der Waals surface area contributed by atoms with Gasteiger partial charge in [0, 0.05) is 32.8 Å². The Kier molecular flexibility index (Phi) is 6.24. The monoisotopic (exact) mass is 332 g/mol. The molecule has 2 fully saturated rings. The molecule has 0 aliphatic carbocycles. The maximum absolute atomic E-state index is 12.5. The number of likely N-dealkylation sites (tertiary alicyclic amines) is 1. The molecule has 5 heteroatoms. The van der Waals surface area contributed by atoms with Crippen molar-refractivity contribution in [3.05, 3.63) is 35.9 Å².